The molecule has 100 valence electrons. The number of hydrogen-bond acceptors (Lipinski definition) is 5. The molecule has 0 unspecified atom stereocenters. The molecule has 0 aliphatic rings. The molecular formula is C8H8BF3O5S. The zero-order valence-electron chi connectivity index (χ0n) is 8.97. The van der Waals surface area contributed by atoms with Gasteiger partial charge in [0.1, 0.15) is 5.75 Å². The Hall–Kier alpha value is -1.26. The van der Waals surface area contributed by atoms with Crippen LogP contribution in [0.25, 0.3) is 0 Å². The predicted molar refractivity (Wildman–Crippen MR) is 56.1 cm³/mol. The van der Waals surface area contributed by atoms with Gasteiger partial charge in [-0.3, -0.25) is 0 Å². The first-order chi connectivity index (χ1) is 7.99. The van der Waals surface area contributed by atoms with E-state index in [9.17, 15) is 21.6 Å². The van der Waals surface area contributed by atoms with E-state index in [1.54, 1.807) is 0 Å². The lowest BCUT2D eigenvalue weighted by atomic mass is 9.80. The summed E-state index contributed by atoms with van der Waals surface area (Å²) in [5, 5.41) is 17.7. The molecule has 18 heavy (non-hydrogen) atoms. The fourth-order valence-electron chi connectivity index (χ4n) is 1.15. The molecule has 5 nitrogen and oxygen atoms in total. The van der Waals surface area contributed by atoms with Crippen molar-refractivity contribution in [2.75, 3.05) is 6.26 Å². The molecule has 10 heteroatoms. The van der Waals surface area contributed by atoms with Crippen LogP contribution in [-0.2, 0) is 9.84 Å². The molecule has 0 fully saturated rings. The fraction of sp³-hybridized carbons (Fsp3) is 0.250. The highest BCUT2D eigenvalue weighted by atomic mass is 32.2. The Kier molecular flexibility index (Phi) is 3.94. The molecule has 0 aliphatic heterocycles. The number of hydrogen-bond donors (Lipinski definition) is 2. The van der Waals surface area contributed by atoms with Crippen molar-refractivity contribution in [1.29, 1.82) is 0 Å². The summed E-state index contributed by atoms with van der Waals surface area (Å²) in [7, 11) is -5.92. The first kappa shape index (κ1) is 14.8. The highest BCUT2D eigenvalue weighted by Gasteiger charge is 2.32. The van der Waals surface area contributed by atoms with Gasteiger partial charge in [-0.2, -0.15) is 0 Å². The van der Waals surface area contributed by atoms with Gasteiger partial charge in [0.2, 0.25) is 0 Å². The van der Waals surface area contributed by atoms with Crippen molar-refractivity contribution in [3.63, 3.8) is 0 Å². The molecule has 0 bridgehead atoms. The minimum Gasteiger partial charge on any atom is -0.423 e. The van der Waals surface area contributed by atoms with Crippen molar-refractivity contribution < 1.29 is 36.4 Å². The van der Waals surface area contributed by atoms with Crippen molar-refractivity contribution >= 4 is 22.4 Å². The van der Waals surface area contributed by atoms with Crippen molar-refractivity contribution in [2.24, 2.45) is 0 Å². The molecule has 0 aliphatic carbocycles. The van der Waals surface area contributed by atoms with Gasteiger partial charge in [0.05, 0.1) is 4.90 Å². The summed E-state index contributed by atoms with van der Waals surface area (Å²) in [6, 6.07) is 2.19. The van der Waals surface area contributed by atoms with Crippen LogP contribution in [0.15, 0.2) is 23.1 Å². The van der Waals surface area contributed by atoms with E-state index in [2.05, 4.69) is 4.74 Å². The quantitative estimate of drug-likeness (QED) is 0.742. The van der Waals surface area contributed by atoms with Gasteiger partial charge in [0.15, 0.2) is 9.84 Å². The summed E-state index contributed by atoms with van der Waals surface area (Å²) >= 11 is 0. The lowest BCUT2D eigenvalue weighted by Crippen LogP contribution is -2.31. The Morgan fingerprint density at radius 1 is 1.22 bits per heavy atom. The first-order valence-electron chi connectivity index (χ1n) is 4.46. The highest BCUT2D eigenvalue weighted by Crippen LogP contribution is 2.24. The van der Waals surface area contributed by atoms with Gasteiger partial charge in [-0.15, -0.1) is 13.2 Å². The Morgan fingerprint density at radius 3 is 2.17 bits per heavy atom. The van der Waals surface area contributed by atoms with E-state index in [4.69, 9.17) is 10.0 Å². The molecule has 1 rings (SSSR count). The van der Waals surface area contributed by atoms with Gasteiger partial charge < -0.3 is 14.8 Å². The maximum Gasteiger partial charge on any atom is 0.573 e. The van der Waals surface area contributed by atoms with Crippen LogP contribution in [-0.4, -0.2) is 38.2 Å². The third kappa shape index (κ3) is 4.20. The SMILES string of the molecule is CS(=O)(=O)c1cc(OC(F)(F)F)cc(B(O)O)c1. The van der Waals surface area contributed by atoms with Crippen LogP contribution >= 0.6 is 0 Å². The molecule has 1 aromatic carbocycles. The molecule has 2 N–H and O–H groups in total. The lowest BCUT2D eigenvalue weighted by Gasteiger charge is -2.11. The van der Waals surface area contributed by atoms with Crippen molar-refractivity contribution in [3.8, 4) is 5.75 Å². The molecular weight excluding hydrogens is 276 g/mol. The molecule has 0 spiro atoms. The molecule has 1 aromatic rings. The standard InChI is InChI=1S/C8H8BF3O5S/c1-18(15,16)7-3-5(9(13)14)2-6(4-7)17-8(10,11)12/h2-4,13-14H,1H3. The normalized spacial score (nSPS) is 12.3. The second-order valence-corrected chi connectivity index (χ2v) is 5.45. The van der Waals surface area contributed by atoms with E-state index in [1.165, 1.54) is 0 Å². The first-order valence-corrected chi connectivity index (χ1v) is 6.35. The number of ether oxygens (including phenoxy) is 1. The Balaban J connectivity index is 3.32. The molecule has 0 radical (unpaired) electrons. The molecule has 0 aromatic heterocycles. The zero-order chi connectivity index (χ0) is 14.1. The number of alkyl halides is 3. The molecule has 0 heterocycles. The number of benzene rings is 1. The molecule has 0 amide bonds. The molecule has 0 atom stereocenters. The summed E-state index contributed by atoms with van der Waals surface area (Å²) in [6.07, 6.45) is -4.24. The smallest absolute Gasteiger partial charge is 0.423 e. The van der Waals surface area contributed by atoms with Crippen LogP contribution in [0.5, 0.6) is 5.75 Å². The van der Waals surface area contributed by atoms with Crippen molar-refractivity contribution in [3.05, 3.63) is 18.2 Å². The maximum absolute atomic E-state index is 12.0. The second-order valence-electron chi connectivity index (χ2n) is 3.43. The number of rotatable bonds is 3. The van der Waals surface area contributed by atoms with Gasteiger partial charge in [-0.1, -0.05) is 0 Å². The van der Waals surface area contributed by atoms with Crippen molar-refractivity contribution in [1.82, 2.24) is 0 Å². The monoisotopic (exact) mass is 284 g/mol. The summed E-state index contributed by atoms with van der Waals surface area (Å²) in [5.74, 6) is -0.839. The Morgan fingerprint density at radius 2 is 1.78 bits per heavy atom. The topological polar surface area (TPSA) is 83.8 Å². The molecule has 0 saturated heterocycles. The number of halogens is 3. The highest BCUT2D eigenvalue weighted by molar-refractivity contribution is 7.90. The Labute approximate surface area is 101 Å². The summed E-state index contributed by atoms with van der Waals surface area (Å²) in [5.41, 5.74) is -0.419. The van der Waals surface area contributed by atoms with Crippen LogP contribution in [0.2, 0.25) is 0 Å². The van der Waals surface area contributed by atoms with Crippen LogP contribution in [0.1, 0.15) is 0 Å². The van der Waals surface area contributed by atoms with Gasteiger partial charge in [-0.05, 0) is 23.7 Å². The number of sulfone groups is 1. The average Bonchev–Trinajstić information content (AvgIpc) is 2.12. The third-order valence-electron chi connectivity index (χ3n) is 1.86. The van der Waals surface area contributed by atoms with Crippen LogP contribution in [0, 0.1) is 0 Å². The Bertz CT molecular complexity index is 540. The third-order valence-corrected chi connectivity index (χ3v) is 2.95. The zero-order valence-corrected chi connectivity index (χ0v) is 9.79. The van der Waals surface area contributed by atoms with Gasteiger partial charge in [0, 0.05) is 6.26 Å². The van der Waals surface area contributed by atoms with Gasteiger partial charge >= 0.3 is 13.5 Å². The van der Waals surface area contributed by atoms with Crippen LogP contribution < -0.4 is 10.2 Å². The van der Waals surface area contributed by atoms with E-state index in [1.807, 2.05) is 0 Å². The van der Waals surface area contributed by atoms with E-state index >= 15 is 0 Å². The predicted octanol–water partition coefficient (Wildman–Crippen LogP) is -0.331. The minimum absolute atomic E-state index is 0.419. The minimum atomic E-state index is -5.01. The van der Waals surface area contributed by atoms with Crippen LogP contribution in [0.4, 0.5) is 13.2 Å². The average molecular weight is 284 g/mol. The molecule has 0 saturated carbocycles. The van der Waals surface area contributed by atoms with Crippen LogP contribution in [0.3, 0.4) is 0 Å². The fourth-order valence-corrected chi connectivity index (χ4v) is 1.83. The lowest BCUT2D eigenvalue weighted by molar-refractivity contribution is -0.274. The summed E-state index contributed by atoms with van der Waals surface area (Å²) in [4.78, 5) is -0.507. The second kappa shape index (κ2) is 4.79. The van der Waals surface area contributed by atoms with Gasteiger partial charge in [-0.25, -0.2) is 8.42 Å². The summed E-state index contributed by atoms with van der Waals surface area (Å²) < 4.78 is 62.0. The van der Waals surface area contributed by atoms with E-state index in [0.29, 0.717) is 12.1 Å². The van der Waals surface area contributed by atoms with Crippen molar-refractivity contribution in [2.45, 2.75) is 11.3 Å². The largest absolute Gasteiger partial charge is 0.573 e. The van der Waals surface area contributed by atoms with Gasteiger partial charge in [0.25, 0.3) is 0 Å². The maximum atomic E-state index is 12.0. The van der Waals surface area contributed by atoms with E-state index in [-0.39, 0.29) is 0 Å². The van der Waals surface area contributed by atoms with E-state index < -0.39 is 39.4 Å². The summed E-state index contributed by atoms with van der Waals surface area (Å²) in [6.45, 7) is 0. The van der Waals surface area contributed by atoms with E-state index in [0.717, 1.165) is 12.3 Å².